The lowest BCUT2D eigenvalue weighted by atomic mass is 9.96. The third kappa shape index (κ3) is 5.37. The summed E-state index contributed by atoms with van der Waals surface area (Å²) in [6.45, 7) is 13.9. The molecule has 28 heavy (non-hydrogen) atoms. The average Bonchev–Trinajstić information content (AvgIpc) is 2.72. The van der Waals surface area contributed by atoms with Crippen molar-refractivity contribution in [2.75, 3.05) is 0 Å². The highest BCUT2D eigenvalue weighted by Crippen LogP contribution is 2.27. The van der Waals surface area contributed by atoms with Crippen molar-refractivity contribution in [2.45, 2.75) is 25.7 Å². The topological polar surface area (TPSA) is 0 Å². The van der Waals surface area contributed by atoms with Gasteiger partial charge in [-0.15, -0.1) is 12.6 Å². The fourth-order valence-corrected chi connectivity index (χ4v) is 3.15. The SMILES string of the molecule is C=C/C=C\C(=C/C)c1ccc(/C(C=C)=C/C(=C\C)c2ccc(C)c(S)c2)cc1. The molecule has 0 aromatic heterocycles. The predicted molar refractivity (Wildman–Crippen MR) is 130 cm³/mol. The Bertz CT molecular complexity index is 964. The number of benzene rings is 2. The van der Waals surface area contributed by atoms with Crippen LogP contribution < -0.4 is 0 Å². The summed E-state index contributed by atoms with van der Waals surface area (Å²) in [5, 5.41) is 0. The maximum Gasteiger partial charge on any atom is 0.00753 e. The van der Waals surface area contributed by atoms with Crippen LogP contribution in [0.4, 0.5) is 0 Å². The molecule has 0 unspecified atom stereocenters. The zero-order chi connectivity index (χ0) is 20.5. The quantitative estimate of drug-likeness (QED) is 0.362. The lowest BCUT2D eigenvalue weighted by Crippen LogP contribution is -1.88. The van der Waals surface area contributed by atoms with Gasteiger partial charge in [0.25, 0.3) is 0 Å². The lowest BCUT2D eigenvalue weighted by molar-refractivity contribution is 1.30. The van der Waals surface area contributed by atoms with Gasteiger partial charge in [0.05, 0.1) is 0 Å². The standard InChI is InChI=1S/C27H28S/c1-6-10-11-21(7-2)24-14-16-25(17-15-24)22(8-3)18-23(9-4)26-13-12-20(5)27(28)19-26/h6-19,28H,1,3H2,2,4-5H3/b11-10-,21-7+,22-18+,23-9+. The van der Waals surface area contributed by atoms with Gasteiger partial charge in [-0.1, -0.05) is 86.0 Å². The molecule has 0 nitrogen and oxygen atoms in total. The minimum atomic E-state index is 1.00. The maximum absolute atomic E-state index is 4.56. The molecule has 0 heterocycles. The highest BCUT2D eigenvalue weighted by atomic mass is 32.1. The van der Waals surface area contributed by atoms with Gasteiger partial charge in [0.15, 0.2) is 0 Å². The molecular formula is C27H28S. The number of aryl methyl sites for hydroxylation is 1. The summed E-state index contributed by atoms with van der Waals surface area (Å²) in [7, 11) is 0. The second-order valence-corrected chi connectivity index (χ2v) is 6.95. The van der Waals surface area contributed by atoms with Crippen LogP contribution in [0.2, 0.25) is 0 Å². The molecule has 0 aliphatic heterocycles. The van der Waals surface area contributed by atoms with E-state index in [9.17, 15) is 0 Å². The number of hydrogen-bond donors (Lipinski definition) is 1. The Kier molecular flexibility index (Phi) is 8.10. The normalized spacial score (nSPS) is 13.1. The molecule has 2 aromatic rings. The van der Waals surface area contributed by atoms with E-state index in [2.05, 4.69) is 106 Å². The van der Waals surface area contributed by atoms with E-state index in [1.54, 1.807) is 6.08 Å². The molecule has 0 fully saturated rings. The summed E-state index contributed by atoms with van der Waals surface area (Å²) >= 11 is 4.56. The Morgan fingerprint density at radius 2 is 1.39 bits per heavy atom. The molecule has 0 N–H and O–H groups in total. The van der Waals surface area contributed by atoms with E-state index in [0.717, 1.165) is 27.2 Å². The lowest BCUT2D eigenvalue weighted by Gasteiger charge is -2.10. The summed E-state index contributed by atoms with van der Waals surface area (Å²) in [6, 6.07) is 14.9. The third-order valence-electron chi connectivity index (χ3n) is 4.66. The van der Waals surface area contributed by atoms with Crippen molar-refractivity contribution in [1.82, 2.24) is 0 Å². The van der Waals surface area contributed by atoms with E-state index in [1.807, 2.05) is 19.1 Å². The zero-order valence-corrected chi connectivity index (χ0v) is 17.8. The molecule has 0 aliphatic rings. The Labute approximate surface area is 175 Å². The maximum atomic E-state index is 4.56. The molecular weight excluding hydrogens is 356 g/mol. The smallest absolute Gasteiger partial charge is 0.00753 e. The number of thiol groups is 1. The van der Waals surface area contributed by atoms with Crippen molar-refractivity contribution in [1.29, 1.82) is 0 Å². The molecule has 0 saturated heterocycles. The van der Waals surface area contributed by atoms with Crippen LogP contribution in [0.1, 0.15) is 36.1 Å². The molecule has 0 aliphatic carbocycles. The van der Waals surface area contributed by atoms with Crippen LogP contribution in [0, 0.1) is 6.92 Å². The molecule has 1 heteroatoms. The van der Waals surface area contributed by atoms with Crippen molar-refractivity contribution in [3.63, 3.8) is 0 Å². The average molecular weight is 385 g/mol. The number of rotatable bonds is 7. The first-order chi connectivity index (χ1) is 13.5. The molecule has 0 saturated carbocycles. The van der Waals surface area contributed by atoms with Crippen LogP contribution in [0.5, 0.6) is 0 Å². The van der Waals surface area contributed by atoms with Crippen LogP contribution in [0.15, 0.2) is 103 Å². The third-order valence-corrected chi connectivity index (χ3v) is 5.14. The Morgan fingerprint density at radius 3 is 1.89 bits per heavy atom. The van der Waals surface area contributed by atoms with Crippen molar-refractivity contribution >= 4 is 29.3 Å². The van der Waals surface area contributed by atoms with Crippen LogP contribution >= 0.6 is 12.6 Å². The van der Waals surface area contributed by atoms with E-state index >= 15 is 0 Å². The van der Waals surface area contributed by atoms with Gasteiger partial charge in [-0.3, -0.25) is 0 Å². The molecule has 0 spiro atoms. The van der Waals surface area contributed by atoms with Gasteiger partial charge in [-0.05, 0) is 71.9 Å². The molecule has 142 valence electrons. The first-order valence-corrected chi connectivity index (χ1v) is 9.85. The van der Waals surface area contributed by atoms with Crippen LogP contribution in [-0.4, -0.2) is 0 Å². The van der Waals surface area contributed by atoms with Crippen LogP contribution in [0.3, 0.4) is 0 Å². The van der Waals surface area contributed by atoms with Crippen LogP contribution in [-0.2, 0) is 0 Å². The van der Waals surface area contributed by atoms with Gasteiger partial charge in [-0.2, -0.15) is 0 Å². The van der Waals surface area contributed by atoms with Gasteiger partial charge in [-0.25, -0.2) is 0 Å². The first kappa shape index (κ1) is 21.5. The Balaban J connectivity index is 2.38. The van der Waals surface area contributed by atoms with Crippen molar-refractivity contribution in [2.24, 2.45) is 0 Å². The Hall–Kier alpha value is -2.77. The zero-order valence-electron chi connectivity index (χ0n) is 16.9. The molecule has 0 radical (unpaired) electrons. The summed E-state index contributed by atoms with van der Waals surface area (Å²) in [5.74, 6) is 0. The van der Waals surface area contributed by atoms with Gasteiger partial charge in [0.1, 0.15) is 0 Å². The molecule has 0 bridgehead atoms. The van der Waals surface area contributed by atoms with Gasteiger partial charge < -0.3 is 0 Å². The molecule has 2 aromatic carbocycles. The highest BCUT2D eigenvalue weighted by molar-refractivity contribution is 7.80. The summed E-state index contributed by atoms with van der Waals surface area (Å²) < 4.78 is 0. The predicted octanol–water partition coefficient (Wildman–Crippen LogP) is 8.10. The first-order valence-electron chi connectivity index (χ1n) is 9.40. The minimum Gasteiger partial charge on any atom is -0.143 e. The van der Waals surface area contributed by atoms with Crippen LogP contribution in [0.25, 0.3) is 16.7 Å². The van der Waals surface area contributed by atoms with Crippen molar-refractivity contribution in [3.8, 4) is 0 Å². The molecule has 0 amide bonds. The van der Waals surface area contributed by atoms with Gasteiger partial charge in [0.2, 0.25) is 0 Å². The van der Waals surface area contributed by atoms with E-state index in [-0.39, 0.29) is 0 Å². The van der Waals surface area contributed by atoms with Gasteiger partial charge >= 0.3 is 0 Å². The second kappa shape index (κ2) is 10.5. The molecule has 2 rings (SSSR count). The number of allylic oxidation sites excluding steroid dienone is 10. The second-order valence-electron chi connectivity index (χ2n) is 6.47. The van der Waals surface area contributed by atoms with Crippen molar-refractivity contribution < 1.29 is 0 Å². The number of hydrogen-bond acceptors (Lipinski definition) is 1. The van der Waals surface area contributed by atoms with Crippen molar-refractivity contribution in [3.05, 3.63) is 120 Å². The monoisotopic (exact) mass is 384 g/mol. The fraction of sp³-hybridized carbons (Fsp3) is 0.111. The highest BCUT2D eigenvalue weighted by Gasteiger charge is 2.05. The summed E-state index contributed by atoms with van der Waals surface area (Å²) in [4.78, 5) is 1.00. The molecule has 0 atom stereocenters. The van der Waals surface area contributed by atoms with Gasteiger partial charge in [0, 0.05) is 4.90 Å². The van der Waals surface area contributed by atoms with E-state index in [1.165, 1.54) is 16.7 Å². The minimum absolute atomic E-state index is 1.00. The van der Waals surface area contributed by atoms with E-state index in [0.29, 0.717) is 0 Å². The summed E-state index contributed by atoms with van der Waals surface area (Å²) in [6.07, 6.45) is 14.1. The largest absolute Gasteiger partial charge is 0.143 e. The summed E-state index contributed by atoms with van der Waals surface area (Å²) in [5.41, 5.74) is 8.06. The van der Waals surface area contributed by atoms with E-state index in [4.69, 9.17) is 0 Å². The Morgan fingerprint density at radius 1 is 0.821 bits per heavy atom. The van der Waals surface area contributed by atoms with E-state index < -0.39 is 0 Å². The fourth-order valence-electron chi connectivity index (χ4n) is 2.94.